The van der Waals surface area contributed by atoms with Crippen LogP contribution in [0.5, 0.6) is 0 Å². The second kappa shape index (κ2) is 4.84. The number of hydrogen-bond acceptors (Lipinski definition) is 4. The van der Waals surface area contributed by atoms with E-state index in [0.717, 1.165) is 0 Å². The molecule has 0 N–H and O–H groups in total. The van der Waals surface area contributed by atoms with E-state index in [9.17, 15) is 4.79 Å². The van der Waals surface area contributed by atoms with Crippen molar-refractivity contribution in [2.75, 3.05) is 13.1 Å². The molecule has 1 aromatic rings. The zero-order valence-corrected chi connectivity index (χ0v) is 12.1. The molecule has 6 heteroatoms. The fourth-order valence-electron chi connectivity index (χ4n) is 1.56. The molecular formula is C12H16BrN3O2. The Balaban J connectivity index is 1.98. The normalized spacial score (nSPS) is 17.9. The highest BCUT2D eigenvalue weighted by Crippen LogP contribution is 2.26. The molecule has 1 saturated heterocycles. The highest BCUT2D eigenvalue weighted by Gasteiger charge is 2.35. The van der Waals surface area contributed by atoms with Crippen molar-refractivity contribution < 1.29 is 12.3 Å². The van der Waals surface area contributed by atoms with Crippen LogP contribution < -0.4 is 0 Å². The van der Waals surface area contributed by atoms with Crippen LogP contribution >= 0.6 is 15.9 Å². The molecule has 1 aliphatic rings. The van der Waals surface area contributed by atoms with Crippen molar-refractivity contribution in [3.8, 4) is 0 Å². The zero-order valence-electron chi connectivity index (χ0n) is 12.5. The summed E-state index contributed by atoms with van der Waals surface area (Å²) in [5.41, 5.74) is -0.515. The standard InChI is InChI=1S/C12H16BrN3O2/c1-12(2,3)18-11(17)16-6-8(7-16)10-14-4-9(13)5-15-10/h4-5,8H,6-7H2,1-3H3/i4D,5D. The average Bonchev–Trinajstić information content (AvgIpc) is 2.20. The van der Waals surface area contributed by atoms with E-state index in [-0.39, 0.29) is 28.8 Å². The summed E-state index contributed by atoms with van der Waals surface area (Å²) < 4.78 is 20.8. The molecule has 1 amide bonds. The maximum atomic E-state index is 11.8. The maximum absolute atomic E-state index is 11.8. The Morgan fingerprint density at radius 2 is 2.06 bits per heavy atom. The first-order chi connectivity index (χ1) is 9.17. The van der Waals surface area contributed by atoms with E-state index >= 15 is 0 Å². The van der Waals surface area contributed by atoms with Gasteiger partial charge in [-0.05, 0) is 36.7 Å². The minimum absolute atomic E-state index is 0.00396. The van der Waals surface area contributed by atoms with Crippen LogP contribution in [0.15, 0.2) is 16.8 Å². The average molecular weight is 316 g/mol. The first-order valence-corrected chi connectivity index (χ1v) is 6.45. The molecule has 2 heterocycles. The molecule has 0 atom stereocenters. The van der Waals surface area contributed by atoms with Crippen molar-refractivity contribution in [1.29, 1.82) is 0 Å². The van der Waals surface area contributed by atoms with E-state index in [1.807, 2.05) is 20.8 Å². The fraction of sp³-hybridized carbons (Fsp3) is 0.583. The topological polar surface area (TPSA) is 55.3 Å². The molecule has 1 fully saturated rings. The molecule has 2 rings (SSSR count). The Labute approximate surface area is 117 Å². The highest BCUT2D eigenvalue weighted by atomic mass is 79.9. The third-order valence-electron chi connectivity index (χ3n) is 2.44. The number of hydrogen-bond donors (Lipinski definition) is 0. The van der Waals surface area contributed by atoms with E-state index in [1.54, 1.807) is 4.90 Å². The van der Waals surface area contributed by atoms with Crippen molar-refractivity contribution in [3.63, 3.8) is 0 Å². The fourth-order valence-corrected chi connectivity index (χ4v) is 1.74. The Morgan fingerprint density at radius 1 is 1.50 bits per heavy atom. The van der Waals surface area contributed by atoms with Crippen LogP contribution in [0.2, 0.25) is 0 Å². The molecule has 0 unspecified atom stereocenters. The van der Waals surface area contributed by atoms with Gasteiger partial charge in [-0.15, -0.1) is 0 Å². The number of ether oxygens (including phenoxy) is 1. The van der Waals surface area contributed by atoms with Crippen LogP contribution in [0.1, 0.15) is 35.3 Å². The summed E-state index contributed by atoms with van der Waals surface area (Å²) in [5, 5.41) is 0. The van der Waals surface area contributed by atoms with Gasteiger partial charge in [-0.25, -0.2) is 14.8 Å². The maximum Gasteiger partial charge on any atom is 0.410 e. The van der Waals surface area contributed by atoms with Gasteiger partial charge in [-0.1, -0.05) is 0 Å². The molecule has 0 aliphatic carbocycles. The van der Waals surface area contributed by atoms with Crippen LogP contribution in [0, 0.1) is 0 Å². The van der Waals surface area contributed by atoms with E-state index in [0.29, 0.717) is 18.9 Å². The van der Waals surface area contributed by atoms with Gasteiger partial charge in [0.25, 0.3) is 0 Å². The number of rotatable bonds is 1. The van der Waals surface area contributed by atoms with Crippen molar-refractivity contribution in [1.82, 2.24) is 14.9 Å². The van der Waals surface area contributed by atoms with E-state index < -0.39 is 5.60 Å². The Hall–Kier alpha value is -1.17. The van der Waals surface area contributed by atoms with Crippen LogP contribution in [0.4, 0.5) is 4.79 Å². The first kappa shape index (κ1) is 10.7. The monoisotopic (exact) mass is 315 g/mol. The first-order valence-electron chi connectivity index (χ1n) is 6.66. The summed E-state index contributed by atoms with van der Waals surface area (Å²) in [4.78, 5) is 21.4. The second-order valence-electron chi connectivity index (χ2n) is 5.20. The predicted octanol–water partition coefficient (Wildman–Crippen LogP) is 2.57. The number of likely N-dealkylation sites (tertiary alicyclic amines) is 1. The van der Waals surface area contributed by atoms with Gasteiger partial charge < -0.3 is 9.64 Å². The predicted molar refractivity (Wildman–Crippen MR) is 70.3 cm³/mol. The molecule has 0 radical (unpaired) electrons. The number of amides is 1. The minimum Gasteiger partial charge on any atom is -0.444 e. The molecule has 1 aliphatic heterocycles. The van der Waals surface area contributed by atoms with Crippen molar-refractivity contribution in [2.24, 2.45) is 0 Å². The number of halogens is 1. The highest BCUT2D eigenvalue weighted by molar-refractivity contribution is 9.10. The third-order valence-corrected chi connectivity index (χ3v) is 2.79. The molecule has 98 valence electrons. The summed E-state index contributed by atoms with van der Waals surface area (Å²) in [5.74, 6) is 0.395. The molecule has 0 spiro atoms. The summed E-state index contributed by atoms with van der Waals surface area (Å²) in [6.45, 7) is 6.36. The molecule has 0 saturated carbocycles. The lowest BCUT2D eigenvalue weighted by Crippen LogP contribution is -2.50. The number of aromatic nitrogens is 2. The SMILES string of the molecule is [2H]c1nc(C2CN(C(=O)OC(C)(C)C)C2)nc([2H])c1Br. The van der Waals surface area contributed by atoms with E-state index in [2.05, 4.69) is 25.9 Å². The minimum atomic E-state index is -0.515. The van der Waals surface area contributed by atoms with Crippen molar-refractivity contribution in [2.45, 2.75) is 32.3 Å². The largest absolute Gasteiger partial charge is 0.444 e. The zero-order chi connectivity index (χ0) is 15.1. The summed E-state index contributed by atoms with van der Waals surface area (Å²) >= 11 is 3.09. The van der Waals surface area contributed by atoms with Crippen molar-refractivity contribution in [3.05, 3.63) is 22.6 Å². The van der Waals surface area contributed by atoms with Gasteiger partial charge in [-0.2, -0.15) is 0 Å². The molecule has 5 nitrogen and oxygen atoms in total. The molecule has 18 heavy (non-hydrogen) atoms. The van der Waals surface area contributed by atoms with Gasteiger partial charge in [0.15, 0.2) is 0 Å². The van der Waals surface area contributed by atoms with Gasteiger partial charge in [0.05, 0.1) is 13.1 Å². The van der Waals surface area contributed by atoms with Gasteiger partial charge >= 0.3 is 6.09 Å². The smallest absolute Gasteiger partial charge is 0.410 e. The quantitative estimate of drug-likeness (QED) is 0.799. The summed E-state index contributed by atoms with van der Waals surface area (Å²) in [7, 11) is 0. The molecular weight excluding hydrogens is 298 g/mol. The lowest BCUT2D eigenvalue weighted by atomic mass is 10.00. The Bertz CT molecular complexity index is 519. The van der Waals surface area contributed by atoms with Gasteiger partial charge in [-0.3, -0.25) is 0 Å². The summed E-state index contributed by atoms with van der Waals surface area (Å²) in [6.07, 6.45) is -0.366. The number of carbonyl (C=O) groups excluding carboxylic acids is 1. The lowest BCUT2D eigenvalue weighted by Gasteiger charge is -2.38. The molecule has 0 aromatic carbocycles. The van der Waals surface area contributed by atoms with Gasteiger partial charge in [0, 0.05) is 25.4 Å². The Morgan fingerprint density at radius 3 is 2.56 bits per heavy atom. The van der Waals surface area contributed by atoms with Crippen LogP contribution in [0.25, 0.3) is 0 Å². The van der Waals surface area contributed by atoms with Crippen molar-refractivity contribution >= 4 is 22.0 Å². The number of carbonyl (C=O) groups is 1. The lowest BCUT2D eigenvalue weighted by molar-refractivity contribution is 0.00752. The summed E-state index contributed by atoms with van der Waals surface area (Å²) in [6, 6.07) is 0. The van der Waals surface area contributed by atoms with E-state index in [1.165, 1.54) is 0 Å². The third kappa shape index (κ3) is 3.19. The van der Waals surface area contributed by atoms with Crippen LogP contribution in [0.3, 0.4) is 0 Å². The second-order valence-corrected chi connectivity index (χ2v) is 5.99. The van der Waals surface area contributed by atoms with Crippen LogP contribution in [-0.4, -0.2) is 39.7 Å². The van der Waals surface area contributed by atoms with Gasteiger partial charge in [0.2, 0.25) is 0 Å². The van der Waals surface area contributed by atoms with Crippen LogP contribution in [-0.2, 0) is 4.74 Å². The van der Waals surface area contributed by atoms with E-state index in [4.69, 9.17) is 7.48 Å². The van der Waals surface area contributed by atoms with Gasteiger partial charge in [0.1, 0.15) is 11.4 Å². The molecule has 1 aromatic heterocycles. The molecule has 0 bridgehead atoms. The Kier molecular flexibility index (Phi) is 2.88. The number of nitrogens with zero attached hydrogens (tertiary/aromatic N) is 3.